The number of nitrogens with zero attached hydrogens (tertiary/aromatic N) is 4. The van der Waals surface area contributed by atoms with Gasteiger partial charge in [0.25, 0.3) is 0 Å². The molecular weight excluding hydrogens is 443 g/mol. The third-order valence-corrected chi connectivity index (χ3v) is 5.24. The summed E-state index contributed by atoms with van der Waals surface area (Å²) in [5, 5.41) is 13.0. The largest absolute Gasteiger partial charge is 0.434 e. The van der Waals surface area contributed by atoms with E-state index < -0.39 is 17.9 Å². The predicted octanol–water partition coefficient (Wildman–Crippen LogP) is 4.82. The van der Waals surface area contributed by atoms with E-state index in [9.17, 15) is 18.0 Å². The highest BCUT2D eigenvalue weighted by molar-refractivity contribution is 7.13. The van der Waals surface area contributed by atoms with Gasteiger partial charge in [0.2, 0.25) is 0 Å². The molecule has 4 heterocycles. The van der Waals surface area contributed by atoms with Crippen LogP contribution in [0.3, 0.4) is 0 Å². The molecule has 0 aliphatic rings. The van der Waals surface area contributed by atoms with Crippen molar-refractivity contribution in [3.05, 3.63) is 54.1 Å². The monoisotopic (exact) mass is 459 g/mol. The normalized spacial score (nSPS) is 11.4. The van der Waals surface area contributed by atoms with Gasteiger partial charge in [0, 0.05) is 59.0 Å². The van der Waals surface area contributed by atoms with Crippen LogP contribution in [-0.4, -0.2) is 37.7 Å². The molecule has 8 nitrogen and oxygen atoms in total. The number of hydrogen-bond acceptors (Lipinski definition) is 6. The molecule has 4 aromatic heterocycles. The lowest BCUT2D eigenvalue weighted by atomic mass is 10.0. The molecule has 0 unspecified atom stereocenters. The molecule has 0 aromatic carbocycles. The first-order chi connectivity index (χ1) is 15.3. The van der Waals surface area contributed by atoms with Crippen LogP contribution in [0.25, 0.3) is 33.0 Å². The molecule has 4 aromatic rings. The molecule has 0 radical (unpaired) electrons. The van der Waals surface area contributed by atoms with E-state index in [1.807, 2.05) is 6.07 Å². The number of H-pyrrole nitrogens is 1. The first-order valence-corrected chi connectivity index (χ1v) is 10.3. The number of aromatic amines is 1. The number of carbonyl (C=O) groups is 1. The SMILES string of the molecule is CCNC(=O)Nc1cc(-c2nc(C(F)(F)F)cs2)c(-c2cncc(-c3ccn[nH]3)c2)cn1. The fourth-order valence-corrected chi connectivity index (χ4v) is 3.79. The smallest absolute Gasteiger partial charge is 0.338 e. The Kier molecular flexibility index (Phi) is 5.86. The van der Waals surface area contributed by atoms with Crippen molar-refractivity contribution in [3.8, 4) is 33.0 Å². The van der Waals surface area contributed by atoms with Crippen LogP contribution in [0.1, 0.15) is 12.6 Å². The van der Waals surface area contributed by atoms with Gasteiger partial charge in [-0.2, -0.15) is 18.3 Å². The van der Waals surface area contributed by atoms with Crippen molar-refractivity contribution in [2.45, 2.75) is 13.1 Å². The Labute approximate surface area is 184 Å². The molecule has 0 saturated carbocycles. The molecule has 0 aliphatic carbocycles. The van der Waals surface area contributed by atoms with E-state index in [4.69, 9.17) is 0 Å². The zero-order valence-electron chi connectivity index (χ0n) is 16.6. The summed E-state index contributed by atoms with van der Waals surface area (Å²) in [5.74, 6) is 0.177. The van der Waals surface area contributed by atoms with Crippen molar-refractivity contribution in [2.75, 3.05) is 11.9 Å². The van der Waals surface area contributed by atoms with Crippen molar-refractivity contribution in [1.82, 2.24) is 30.5 Å². The number of aromatic nitrogens is 5. The lowest BCUT2D eigenvalue weighted by molar-refractivity contribution is -0.140. The molecular formula is C20H16F3N7OS. The Morgan fingerprint density at radius 1 is 1.16 bits per heavy atom. The first-order valence-electron chi connectivity index (χ1n) is 9.38. The maximum Gasteiger partial charge on any atom is 0.434 e. The molecule has 0 fully saturated rings. The number of alkyl halides is 3. The molecule has 12 heteroatoms. The molecule has 32 heavy (non-hydrogen) atoms. The fraction of sp³-hybridized carbons (Fsp3) is 0.150. The predicted molar refractivity (Wildman–Crippen MR) is 114 cm³/mol. The summed E-state index contributed by atoms with van der Waals surface area (Å²) in [6.07, 6.45) is 1.73. The lowest BCUT2D eigenvalue weighted by Crippen LogP contribution is -2.28. The minimum absolute atomic E-state index is 0.139. The molecule has 164 valence electrons. The number of amides is 2. The fourth-order valence-electron chi connectivity index (χ4n) is 2.93. The van der Waals surface area contributed by atoms with Gasteiger partial charge in [0.1, 0.15) is 10.8 Å². The van der Waals surface area contributed by atoms with Gasteiger partial charge < -0.3 is 5.32 Å². The summed E-state index contributed by atoms with van der Waals surface area (Å²) >= 11 is 0.854. The number of anilines is 1. The van der Waals surface area contributed by atoms with Crippen molar-refractivity contribution < 1.29 is 18.0 Å². The van der Waals surface area contributed by atoms with E-state index in [-0.39, 0.29) is 10.8 Å². The second-order valence-electron chi connectivity index (χ2n) is 6.57. The van der Waals surface area contributed by atoms with Gasteiger partial charge in [0.05, 0.1) is 5.69 Å². The molecule has 0 atom stereocenters. The van der Waals surface area contributed by atoms with Crippen molar-refractivity contribution >= 4 is 23.2 Å². The number of thiazole rings is 1. The second kappa shape index (κ2) is 8.75. The number of nitrogens with one attached hydrogen (secondary N) is 3. The number of hydrogen-bond donors (Lipinski definition) is 3. The average molecular weight is 459 g/mol. The first kappa shape index (κ1) is 21.4. The summed E-state index contributed by atoms with van der Waals surface area (Å²) in [5.41, 5.74) is 2.01. The van der Waals surface area contributed by atoms with Gasteiger partial charge >= 0.3 is 12.2 Å². The highest BCUT2D eigenvalue weighted by Crippen LogP contribution is 2.38. The molecule has 0 aliphatic heterocycles. The second-order valence-corrected chi connectivity index (χ2v) is 7.43. The quantitative estimate of drug-likeness (QED) is 0.397. The van der Waals surface area contributed by atoms with Gasteiger partial charge in [-0.3, -0.25) is 15.4 Å². The summed E-state index contributed by atoms with van der Waals surface area (Å²) in [4.78, 5) is 24.1. The van der Waals surface area contributed by atoms with Gasteiger partial charge in [0.15, 0.2) is 5.69 Å². The van der Waals surface area contributed by atoms with Crippen molar-refractivity contribution in [2.24, 2.45) is 0 Å². The maximum absolute atomic E-state index is 13.1. The summed E-state index contributed by atoms with van der Waals surface area (Å²) < 4.78 is 39.4. The van der Waals surface area contributed by atoms with Crippen LogP contribution in [0.2, 0.25) is 0 Å². The number of rotatable bonds is 5. The average Bonchev–Trinajstić information content (AvgIpc) is 3.46. The van der Waals surface area contributed by atoms with Crippen LogP contribution in [-0.2, 0) is 6.18 Å². The van der Waals surface area contributed by atoms with Gasteiger partial charge in [-0.05, 0) is 25.1 Å². The molecule has 2 amide bonds. The minimum atomic E-state index is -4.56. The Bertz CT molecular complexity index is 1240. The Balaban J connectivity index is 1.81. The summed E-state index contributed by atoms with van der Waals surface area (Å²) in [6.45, 7) is 2.17. The molecule has 4 rings (SSSR count). The topological polar surface area (TPSA) is 108 Å². The molecule has 3 N–H and O–H groups in total. The summed E-state index contributed by atoms with van der Waals surface area (Å²) in [6, 6.07) is 4.61. The van der Waals surface area contributed by atoms with Crippen LogP contribution in [0, 0.1) is 0 Å². The van der Waals surface area contributed by atoms with Gasteiger partial charge in [-0.25, -0.2) is 14.8 Å². The van der Waals surface area contributed by atoms with Crippen LogP contribution < -0.4 is 10.6 Å². The highest BCUT2D eigenvalue weighted by atomic mass is 32.1. The number of carbonyl (C=O) groups excluding carboxylic acids is 1. The third-order valence-electron chi connectivity index (χ3n) is 4.37. The molecule has 0 spiro atoms. The minimum Gasteiger partial charge on any atom is -0.338 e. The van der Waals surface area contributed by atoms with E-state index in [2.05, 4.69) is 35.8 Å². The number of urea groups is 1. The van der Waals surface area contributed by atoms with Crippen LogP contribution in [0.4, 0.5) is 23.8 Å². The number of halogens is 3. The molecule has 0 saturated heterocycles. The van der Waals surface area contributed by atoms with Crippen LogP contribution >= 0.6 is 11.3 Å². The number of pyridine rings is 2. The summed E-state index contributed by atoms with van der Waals surface area (Å²) in [7, 11) is 0. The van der Waals surface area contributed by atoms with E-state index in [0.29, 0.717) is 23.2 Å². The van der Waals surface area contributed by atoms with Crippen molar-refractivity contribution in [3.63, 3.8) is 0 Å². The zero-order chi connectivity index (χ0) is 22.7. The Morgan fingerprint density at radius 3 is 2.66 bits per heavy atom. The van der Waals surface area contributed by atoms with Gasteiger partial charge in [-0.1, -0.05) is 0 Å². The standard InChI is InChI=1S/C20H16F3N7OS/c1-2-25-19(31)29-17-6-13(18-28-16(10-32-18)20(21,22)23)14(9-26-17)11-5-12(8-24-7-11)15-3-4-27-30-15/h3-10H,2H2,1H3,(H,27,30)(H2,25,26,29,31). The third kappa shape index (κ3) is 4.59. The highest BCUT2D eigenvalue weighted by Gasteiger charge is 2.34. The van der Waals surface area contributed by atoms with E-state index >= 15 is 0 Å². The molecule has 0 bridgehead atoms. The van der Waals surface area contributed by atoms with E-state index in [1.54, 1.807) is 31.6 Å². The van der Waals surface area contributed by atoms with Crippen LogP contribution in [0.15, 0.2) is 48.4 Å². The zero-order valence-corrected chi connectivity index (χ0v) is 17.4. The lowest BCUT2D eigenvalue weighted by Gasteiger charge is -2.11. The van der Waals surface area contributed by atoms with Crippen LogP contribution in [0.5, 0.6) is 0 Å². The van der Waals surface area contributed by atoms with E-state index in [1.165, 1.54) is 12.3 Å². The maximum atomic E-state index is 13.1. The Hall–Kier alpha value is -3.80. The van der Waals surface area contributed by atoms with Gasteiger partial charge in [-0.15, -0.1) is 11.3 Å². The Morgan fingerprint density at radius 2 is 1.97 bits per heavy atom. The van der Waals surface area contributed by atoms with Crippen molar-refractivity contribution in [1.29, 1.82) is 0 Å². The van der Waals surface area contributed by atoms with E-state index in [0.717, 1.165) is 28.0 Å².